The molecule has 0 spiro atoms. The van der Waals surface area contributed by atoms with Gasteiger partial charge in [-0.25, -0.2) is 0 Å². The van der Waals surface area contributed by atoms with Crippen LogP contribution in [-0.2, 0) is 4.79 Å². The molecule has 1 aliphatic heterocycles. The first-order chi connectivity index (χ1) is 9.15. The molecule has 1 aromatic rings. The van der Waals surface area contributed by atoms with E-state index in [2.05, 4.69) is 5.32 Å². The topological polar surface area (TPSA) is 73.6 Å². The highest BCUT2D eigenvalue weighted by atomic mass is 35.5. The first-order valence-electron chi connectivity index (χ1n) is 6.31. The predicted molar refractivity (Wildman–Crippen MR) is 71.5 cm³/mol. The second-order valence-electron chi connectivity index (χ2n) is 4.88. The van der Waals surface area contributed by atoms with E-state index in [1.54, 1.807) is 12.1 Å². The number of rotatable bonds is 2. The molecule has 3 rings (SSSR count). The van der Waals surface area contributed by atoms with Crippen molar-refractivity contribution in [2.24, 2.45) is 11.7 Å². The number of carbonyl (C=O) groups excluding carboxylic acids is 1. The van der Waals surface area contributed by atoms with Crippen LogP contribution in [0, 0.1) is 5.92 Å². The predicted octanol–water partition coefficient (Wildman–Crippen LogP) is 2.13. The van der Waals surface area contributed by atoms with Crippen LogP contribution in [0.2, 0.25) is 5.02 Å². The maximum atomic E-state index is 12.2. The van der Waals surface area contributed by atoms with E-state index < -0.39 is 0 Å². The summed E-state index contributed by atoms with van der Waals surface area (Å²) in [7, 11) is 0. The summed E-state index contributed by atoms with van der Waals surface area (Å²) < 4.78 is 10.5. The molecule has 1 saturated carbocycles. The zero-order chi connectivity index (χ0) is 13.4. The second kappa shape index (κ2) is 4.90. The van der Waals surface area contributed by atoms with Gasteiger partial charge in [0, 0.05) is 18.2 Å². The SMILES string of the molecule is NC1CCCC1C(=O)Nc1cc2c(cc1Cl)OCO2. The highest BCUT2D eigenvalue weighted by molar-refractivity contribution is 6.34. The summed E-state index contributed by atoms with van der Waals surface area (Å²) in [5, 5.41) is 3.26. The summed E-state index contributed by atoms with van der Waals surface area (Å²) in [6.07, 6.45) is 2.72. The number of carbonyl (C=O) groups is 1. The molecule has 2 aliphatic rings. The largest absolute Gasteiger partial charge is 0.454 e. The Morgan fingerprint density at radius 1 is 1.32 bits per heavy atom. The van der Waals surface area contributed by atoms with E-state index in [1.165, 1.54) is 0 Å². The normalized spacial score (nSPS) is 24.5. The van der Waals surface area contributed by atoms with Crippen molar-refractivity contribution in [3.63, 3.8) is 0 Å². The maximum Gasteiger partial charge on any atom is 0.231 e. The van der Waals surface area contributed by atoms with E-state index in [4.69, 9.17) is 26.8 Å². The first-order valence-corrected chi connectivity index (χ1v) is 6.68. The number of hydrogen-bond acceptors (Lipinski definition) is 4. The second-order valence-corrected chi connectivity index (χ2v) is 5.28. The molecule has 2 unspecified atom stereocenters. The highest BCUT2D eigenvalue weighted by Crippen LogP contribution is 2.39. The van der Waals surface area contributed by atoms with Gasteiger partial charge >= 0.3 is 0 Å². The van der Waals surface area contributed by atoms with Gasteiger partial charge in [-0.2, -0.15) is 0 Å². The van der Waals surface area contributed by atoms with Crippen LogP contribution in [0.3, 0.4) is 0 Å². The van der Waals surface area contributed by atoms with Gasteiger partial charge in [0.25, 0.3) is 0 Å². The summed E-state index contributed by atoms with van der Waals surface area (Å²) >= 11 is 6.11. The number of benzene rings is 1. The molecule has 2 atom stereocenters. The average molecular weight is 283 g/mol. The van der Waals surface area contributed by atoms with Crippen molar-refractivity contribution in [2.75, 3.05) is 12.1 Å². The Labute approximate surface area is 116 Å². The van der Waals surface area contributed by atoms with Gasteiger partial charge in [-0.1, -0.05) is 18.0 Å². The summed E-state index contributed by atoms with van der Waals surface area (Å²) in [5.74, 6) is 0.975. The van der Waals surface area contributed by atoms with Gasteiger partial charge in [-0.05, 0) is 12.8 Å². The average Bonchev–Trinajstić information content (AvgIpc) is 2.98. The van der Waals surface area contributed by atoms with Gasteiger partial charge in [-0.15, -0.1) is 0 Å². The summed E-state index contributed by atoms with van der Waals surface area (Å²) in [5.41, 5.74) is 6.46. The van der Waals surface area contributed by atoms with Crippen molar-refractivity contribution in [2.45, 2.75) is 25.3 Å². The minimum absolute atomic E-state index is 0.0622. The minimum Gasteiger partial charge on any atom is -0.454 e. The lowest BCUT2D eigenvalue weighted by Gasteiger charge is -2.16. The van der Waals surface area contributed by atoms with Gasteiger partial charge in [0.05, 0.1) is 16.6 Å². The Hall–Kier alpha value is -1.46. The third kappa shape index (κ3) is 2.35. The van der Waals surface area contributed by atoms with E-state index in [1.807, 2.05) is 0 Å². The molecule has 0 bridgehead atoms. The third-order valence-corrected chi connectivity index (χ3v) is 3.94. The molecule has 3 N–H and O–H groups in total. The number of halogens is 1. The number of amides is 1. The third-order valence-electron chi connectivity index (χ3n) is 3.63. The molecule has 1 heterocycles. The van der Waals surface area contributed by atoms with Gasteiger partial charge in [0.2, 0.25) is 12.7 Å². The van der Waals surface area contributed by atoms with Crippen molar-refractivity contribution in [3.05, 3.63) is 17.2 Å². The zero-order valence-corrected chi connectivity index (χ0v) is 11.1. The molecule has 1 amide bonds. The van der Waals surface area contributed by atoms with Gasteiger partial charge in [-0.3, -0.25) is 4.79 Å². The van der Waals surface area contributed by atoms with Crippen LogP contribution in [0.1, 0.15) is 19.3 Å². The molecule has 1 aliphatic carbocycles. The van der Waals surface area contributed by atoms with Gasteiger partial charge in [0.15, 0.2) is 11.5 Å². The number of hydrogen-bond donors (Lipinski definition) is 2. The van der Waals surface area contributed by atoms with Gasteiger partial charge < -0.3 is 20.5 Å². The number of anilines is 1. The van der Waals surface area contributed by atoms with Crippen molar-refractivity contribution in [1.82, 2.24) is 0 Å². The van der Waals surface area contributed by atoms with E-state index in [-0.39, 0.29) is 24.7 Å². The first kappa shape index (κ1) is 12.6. The minimum atomic E-state index is -0.138. The molecule has 6 heteroatoms. The van der Waals surface area contributed by atoms with Crippen LogP contribution < -0.4 is 20.5 Å². The van der Waals surface area contributed by atoms with Crippen LogP contribution in [0.4, 0.5) is 5.69 Å². The molecule has 102 valence electrons. The Kier molecular flexibility index (Phi) is 3.24. The fourth-order valence-corrected chi connectivity index (χ4v) is 2.75. The Morgan fingerprint density at radius 3 is 2.74 bits per heavy atom. The lowest BCUT2D eigenvalue weighted by Crippen LogP contribution is -2.34. The molecule has 1 fully saturated rings. The van der Waals surface area contributed by atoms with Crippen molar-refractivity contribution in [1.29, 1.82) is 0 Å². The van der Waals surface area contributed by atoms with E-state index in [9.17, 15) is 4.79 Å². The Balaban J connectivity index is 1.78. The fourth-order valence-electron chi connectivity index (χ4n) is 2.55. The summed E-state index contributed by atoms with van der Waals surface area (Å²) in [4.78, 5) is 12.2. The molecule has 0 aromatic heterocycles. The summed E-state index contributed by atoms with van der Waals surface area (Å²) in [6.45, 7) is 0.177. The molecule has 5 nitrogen and oxygen atoms in total. The van der Waals surface area contributed by atoms with E-state index in [0.29, 0.717) is 22.2 Å². The maximum absolute atomic E-state index is 12.2. The van der Waals surface area contributed by atoms with Crippen LogP contribution in [0.5, 0.6) is 11.5 Å². The molecule has 0 saturated heterocycles. The lowest BCUT2D eigenvalue weighted by molar-refractivity contribution is -0.120. The lowest BCUT2D eigenvalue weighted by atomic mass is 10.0. The summed E-state index contributed by atoms with van der Waals surface area (Å²) in [6, 6.07) is 3.27. The number of nitrogens with two attached hydrogens (primary N) is 1. The molecule has 0 radical (unpaired) electrons. The Bertz CT molecular complexity index is 521. The van der Waals surface area contributed by atoms with E-state index in [0.717, 1.165) is 19.3 Å². The zero-order valence-electron chi connectivity index (χ0n) is 10.3. The van der Waals surface area contributed by atoms with Crippen LogP contribution in [0.15, 0.2) is 12.1 Å². The number of nitrogens with one attached hydrogen (secondary N) is 1. The monoisotopic (exact) mass is 282 g/mol. The number of fused-ring (bicyclic) bond motifs is 1. The van der Waals surface area contributed by atoms with Crippen molar-refractivity contribution >= 4 is 23.2 Å². The smallest absolute Gasteiger partial charge is 0.231 e. The molecular formula is C13H15ClN2O3. The standard InChI is InChI=1S/C13H15ClN2O3/c14-8-4-11-12(19-6-18-11)5-10(8)16-13(17)7-2-1-3-9(7)15/h4-5,7,9H,1-3,6,15H2,(H,16,17). The highest BCUT2D eigenvalue weighted by Gasteiger charge is 2.30. The molecular weight excluding hydrogens is 268 g/mol. The van der Waals surface area contributed by atoms with Gasteiger partial charge in [0.1, 0.15) is 0 Å². The van der Waals surface area contributed by atoms with Crippen LogP contribution in [0.25, 0.3) is 0 Å². The quantitative estimate of drug-likeness (QED) is 0.871. The van der Waals surface area contributed by atoms with E-state index >= 15 is 0 Å². The van der Waals surface area contributed by atoms with Crippen molar-refractivity contribution in [3.8, 4) is 11.5 Å². The van der Waals surface area contributed by atoms with Crippen LogP contribution in [-0.4, -0.2) is 18.7 Å². The number of ether oxygens (including phenoxy) is 2. The Morgan fingerprint density at radius 2 is 2.05 bits per heavy atom. The molecule has 19 heavy (non-hydrogen) atoms. The van der Waals surface area contributed by atoms with Crippen LogP contribution >= 0.6 is 11.6 Å². The van der Waals surface area contributed by atoms with Crippen molar-refractivity contribution < 1.29 is 14.3 Å². The fraction of sp³-hybridized carbons (Fsp3) is 0.462. The molecule has 1 aromatic carbocycles.